The largest absolute Gasteiger partial charge is 0.340 e. The van der Waals surface area contributed by atoms with Gasteiger partial charge in [-0.25, -0.2) is 14.8 Å². The zero-order valence-corrected chi connectivity index (χ0v) is 18.3. The minimum absolute atomic E-state index is 0.354. The summed E-state index contributed by atoms with van der Waals surface area (Å²) in [6, 6.07) is 22.7. The number of nitrogens with one attached hydrogen (secondary N) is 3. The Hall–Kier alpha value is -3.71. The van der Waals surface area contributed by atoms with Gasteiger partial charge < -0.3 is 10.6 Å². The Morgan fingerprint density at radius 2 is 1.45 bits per heavy atom. The van der Waals surface area contributed by atoms with Gasteiger partial charge in [-0.15, -0.1) is 0 Å². The lowest BCUT2D eigenvalue weighted by atomic mass is 10.1. The van der Waals surface area contributed by atoms with E-state index in [1.807, 2.05) is 79.7 Å². The monoisotopic (exact) mass is 473 g/mol. The van der Waals surface area contributed by atoms with Gasteiger partial charge in [0, 0.05) is 28.2 Å². The van der Waals surface area contributed by atoms with Crippen LogP contribution in [-0.4, -0.2) is 16.0 Å². The molecule has 2 aromatic heterocycles. The van der Waals surface area contributed by atoms with Gasteiger partial charge in [-0.2, -0.15) is 0 Å². The number of anilines is 4. The van der Waals surface area contributed by atoms with Gasteiger partial charge in [0.1, 0.15) is 11.6 Å². The molecule has 6 nitrogen and oxygen atoms in total. The minimum atomic E-state index is -0.354. The number of aryl methyl sites for hydroxylation is 1. The number of hydrogen-bond donors (Lipinski definition) is 3. The van der Waals surface area contributed by atoms with E-state index in [9.17, 15) is 4.79 Å². The second kappa shape index (κ2) is 9.40. The number of aromatic nitrogens is 2. The van der Waals surface area contributed by atoms with E-state index in [4.69, 9.17) is 0 Å². The molecule has 0 aliphatic heterocycles. The molecule has 0 saturated heterocycles. The van der Waals surface area contributed by atoms with Crippen LogP contribution in [0.1, 0.15) is 5.56 Å². The predicted molar refractivity (Wildman–Crippen MR) is 129 cm³/mol. The van der Waals surface area contributed by atoms with Crippen molar-refractivity contribution in [3.8, 4) is 11.1 Å². The maximum absolute atomic E-state index is 12.4. The number of benzene rings is 2. The van der Waals surface area contributed by atoms with Crippen LogP contribution in [0.5, 0.6) is 0 Å². The fourth-order valence-electron chi connectivity index (χ4n) is 3.03. The highest BCUT2D eigenvalue weighted by Gasteiger charge is 2.07. The molecule has 2 heterocycles. The molecule has 7 heteroatoms. The molecule has 3 N–H and O–H groups in total. The van der Waals surface area contributed by atoms with E-state index in [1.54, 1.807) is 12.4 Å². The number of para-hydroxylation sites is 1. The van der Waals surface area contributed by atoms with Gasteiger partial charge in [0.05, 0.1) is 0 Å². The number of nitrogens with zero attached hydrogens (tertiary/aromatic N) is 2. The van der Waals surface area contributed by atoms with Crippen molar-refractivity contribution in [3.05, 3.63) is 95.2 Å². The zero-order chi connectivity index (χ0) is 21.6. The molecule has 0 bridgehead atoms. The molecule has 0 saturated carbocycles. The van der Waals surface area contributed by atoms with Crippen LogP contribution in [0.3, 0.4) is 0 Å². The molecular formula is C24H20BrN5O. The average Bonchev–Trinajstić information content (AvgIpc) is 2.77. The molecule has 0 aliphatic carbocycles. The second-order valence-corrected chi connectivity index (χ2v) is 7.75. The molecule has 4 aromatic rings. The smallest absolute Gasteiger partial charge is 0.324 e. The third-order valence-corrected chi connectivity index (χ3v) is 5.45. The summed E-state index contributed by atoms with van der Waals surface area (Å²) in [7, 11) is 0. The molecule has 0 fully saturated rings. The molecule has 4 rings (SSSR count). The highest BCUT2D eigenvalue weighted by Crippen LogP contribution is 2.25. The Bertz CT molecular complexity index is 1210. The van der Waals surface area contributed by atoms with E-state index in [-0.39, 0.29) is 6.03 Å². The summed E-state index contributed by atoms with van der Waals surface area (Å²) in [6.45, 7) is 1.97. The first-order valence-electron chi connectivity index (χ1n) is 9.65. The Morgan fingerprint density at radius 1 is 0.774 bits per heavy atom. The summed E-state index contributed by atoms with van der Waals surface area (Å²) in [5.74, 6) is 1.19. The van der Waals surface area contributed by atoms with Crippen molar-refractivity contribution in [2.45, 2.75) is 6.92 Å². The van der Waals surface area contributed by atoms with Crippen molar-refractivity contribution >= 4 is 45.0 Å². The summed E-state index contributed by atoms with van der Waals surface area (Å²) in [5, 5.41) is 8.89. The molecule has 154 valence electrons. The van der Waals surface area contributed by atoms with Crippen molar-refractivity contribution < 1.29 is 4.79 Å². The Balaban J connectivity index is 1.47. The molecule has 0 atom stereocenters. The van der Waals surface area contributed by atoms with Crippen LogP contribution in [-0.2, 0) is 0 Å². The Morgan fingerprint density at radius 3 is 2.16 bits per heavy atom. The third-order valence-electron chi connectivity index (χ3n) is 4.56. The number of halogens is 1. The molecule has 31 heavy (non-hydrogen) atoms. The third kappa shape index (κ3) is 5.46. The van der Waals surface area contributed by atoms with E-state index in [0.717, 1.165) is 32.7 Å². The normalized spacial score (nSPS) is 10.4. The summed E-state index contributed by atoms with van der Waals surface area (Å²) >= 11 is 3.46. The molecular weight excluding hydrogens is 454 g/mol. The van der Waals surface area contributed by atoms with Gasteiger partial charge >= 0.3 is 6.03 Å². The molecule has 0 unspecified atom stereocenters. The molecule has 0 radical (unpaired) electrons. The SMILES string of the molecule is Cc1cc(NC(=O)Nc2cc(-c3ccnc(Nc4ccccc4)c3)ccn2)ccc1Br. The van der Waals surface area contributed by atoms with Crippen LogP contribution in [0, 0.1) is 6.92 Å². The number of hydrogen-bond acceptors (Lipinski definition) is 4. The standard InChI is InChI=1S/C24H20BrN5O/c1-16-13-20(7-8-21(16)25)29-24(31)30-23-15-18(10-12-27-23)17-9-11-26-22(14-17)28-19-5-3-2-4-6-19/h2-15H,1H3,(H,26,28)(H2,27,29,30,31). The first kappa shape index (κ1) is 20.6. The summed E-state index contributed by atoms with van der Waals surface area (Å²) in [4.78, 5) is 21.0. The highest BCUT2D eigenvalue weighted by atomic mass is 79.9. The number of carbonyl (C=O) groups is 1. The van der Waals surface area contributed by atoms with Crippen LogP contribution in [0.2, 0.25) is 0 Å². The zero-order valence-electron chi connectivity index (χ0n) is 16.8. The lowest BCUT2D eigenvalue weighted by Gasteiger charge is -2.10. The topological polar surface area (TPSA) is 78.9 Å². The van der Waals surface area contributed by atoms with Crippen LogP contribution in [0.15, 0.2) is 89.7 Å². The van der Waals surface area contributed by atoms with Crippen LogP contribution >= 0.6 is 15.9 Å². The van der Waals surface area contributed by atoms with E-state index >= 15 is 0 Å². The predicted octanol–water partition coefficient (Wildman–Crippen LogP) is 6.60. The average molecular weight is 474 g/mol. The number of amides is 2. The van der Waals surface area contributed by atoms with Crippen molar-refractivity contribution in [2.24, 2.45) is 0 Å². The first-order chi connectivity index (χ1) is 15.1. The molecule has 2 aromatic carbocycles. The van der Waals surface area contributed by atoms with E-state index in [1.165, 1.54) is 0 Å². The molecule has 0 spiro atoms. The first-order valence-corrected chi connectivity index (χ1v) is 10.4. The fourth-order valence-corrected chi connectivity index (χ4v) is 3.27. The van der Waals surface area contributed by atoms with E-state index < -0.39 is 0 Å². The maximum atomic E-state index is 12.4. The van der Waals surface area contributed by atoms with Crippen LogP contribution in [0.4, 0.5) is 27.8 Å². The number of rotatable bonds is 5. The fraction of sp³-hybridized carbons (Fsp3) is 0.0417. The summed E-state index contributed by atoms with van der Waals surface area (Å²) in [6.07, 6.45) is 3.41. The molecule has 2 amide bonds. The van der Waals surface area contributed by atoms with Gasteiger partial charge in [-0.3, -0.25) is 5.32 Å². The van der Waals surface area contributed by atoms with Gasteiger partial charge in [0.2, 0.25) is 0 Å². The molecule has 0 aliphatic rings. The minimum Gasteiger partial charge on any atom is -0.340 e. The second-order valence-electron chi connectivity index (χ2n) is 6.89. The Labute approximate surface area is 188 Å². The van der Waals surface area contributed by atoms with Crippen LogP contribution in [0.25, 0.3) is 11.1 Å². The van der Waals surface area contributed by atoms with Crippen LogP contribution < -0.4 is 16.0 Å². The van der Waals surface area contributed by atoms with Gasteiger partial charge in [-0.05, 0) is 78.2 Å². The number of urea groups is 1. The summed E-state index contributed by atoms with van der Waals surface area (Å²) < 4.78 is 0.992. The van der Waals surface area contributed by atoms with E-state index in [2.05, 4.69) is 41.8 Å². The van der Waals surface area contributed by atoms with Crippen molar-refractivity contribution in [1.82, 2.24) is 9.97 Å². The van der Waals surface area contributed by atoms with Gasteiger partial charge in [0.15, 0.2) is 0 Å². The van der Waals surface area contributed by atoms with Crippen molar-refractivity contribution in [2.75, 3.05) is 16.0 Å². The Kier molecular flexibility index (Phi) is 6.24. The lowest BCUT2D eigenvalue weighted by molar-refractivity contribution is 0.262. The van der Waals surface area contributed by atoms with Crippen molar-refractivity contribution in [3.63, 3.8) is 0 Å². The highest BCUT2D eigenvalue weighted by molar-refractivity contribution is 9.10. The quantitative estimate of drug-likeness (QED) is 0.305. The maximum Gasteiger partial charge on any atom is 0.324 e. The number of pyridine rings is 2. The lowest BCUT2D eigenvalue weighted by Crippen LogP contribution is -2.20. The van der Waals surface area contributed by atoms with Gasteiger partial charge in [-0.1, -0.05) is 34.1 Å². The summed E-state index contributed by atoms with van der Waals surface area (Å²) in [5.41, 5.74) is 4.59. The van der Waals surface area contributed by atoms with E-state index in [0.29, 0.717) is 11.5 Å². The van der Waals surface area contributed by atoms with Gasteiger partial charge in [0.25, 0.3) is 0 Å². The van der Waals surface area contributed by atoms with Crippen molar-refractivity contribution in [1.29, 1.82) is 0 Å². The number of carbonyl (C=O) groups excluding carboxylic acids is 1.